The number of benzene rings is 1. The van der Waals surface area contributed by atoms with Gasteiger partial charge in [0.25, 0.3) is 5.91 Å². The molecule has 5 rings (SSSR count). The van der Waals surface area contributed by atoms with Crippen molar-refractivity contribution in [1.29, 1.82) is 0 Å². The van der Waals surface area contributed by atoms with Crippen molar-refractivity contribution in [1.82, 2.24) is 30.0 Å². The fourth-order valence-electron chi connectivity index (χ4n) is 4.96. The number of aromatic nitrogens is 4. The second kappa shape index (κ2) is 9.08. The molecule has 0 bridgehead atoms. The van der Waals surface area contributed by atoms with E-state index in [1.807, 2.05) is 31.7 Å². The van der Waals surface area contributed by atoms with Crippen molar-refractivity contribution >= 4 is 22.7 Å². The van der Waals surface area contributed by atoms with Crippen LogP contribution >= 0.6 is 0 Å². The maximum atomic E-state index is 13.8. The number of hydrogen-bond donors (Lipinski definition) is 1. The van der Waals surface area contributed by atoms with Gasteiger partial charge in [0, 0.05) is 36.8 Å². The molecule has 4 aromatic rings. The normalized spacial score (nSPS) is 15.8. The van der Waals surface area contributed by atoms with Crippen LogP contribution in [0.2, 0.25) is 0 Å². The number of piperazine rings is 1. The standard InChI is InChI=1S/C29H33FN6O2/c1-17(26-31-18(2)33-34-26)35-12-13-36(29(6,7)16-35)27(37)24-15-23-25(38-24)21(28(3,4)5)14-22(32-23)19-8-10-20(30)11-9-19/h8-11,14-15H,1,12-13,16H2,2-7H3,(H,31,33,34). The average Bonchev–Trinajstić information content (AvgIpc) is 3.48. The third-order valence-corrected chi connectivity index (χ3v) is 7.02. The van der Waals surface area contributed by atoms with E-state index < -0.39 is 5.54 Å². The summed E-state index contributed by atoms with van der Waals surface area (Å²) in [6.45, 7) is 18.0. The molecule has 3 aromatic heterocycles. The van der Waals surface area contributed by atoms with Crippen LogP contribution in [0.5, 0.6) is 0 Å². The van der Waals surface area contributed by atoms with Gasteiger partial charge in [-0.3, -0.25) is 9.89 Å². The molecule has 0 radical (unpaired) electrons. The molecule has 198 valence electrons. The van der Waals surface area contributed by atoms with E-state index in [1.165, 1.54) is 12.1 Å². The van der Waals surface area contributed by atoms with E-state index in [4.69, 9.17) is 9.40 Å². The van der Waals surface area contributed by atoms with Crippen LogP contribution in [-0.4, -0.2) is 61.0 Å². The number of fused-ring (bicyclic) bond motifs is 1. The van der Waals surface area contributed by atoms with Gasteiger partial charge >= 0.3 is 0 Å². The number of aryl methyl sites for hydroxylation is 1. The Morgan fingerprint density at radius 1 is 1.13 bits per heavy atom. The van der Waals surface area contributed by atoms with Gasteiger partial charge in [-0.15, -0.1) is 0 Å². The van der Waals surface area contributed by atoms with E-state index in [9.17, 15) is 9.18 Å². The molecular formula is C29H33FN6O2. The van der Waals surface area contributed by atoms with E-state index in [1.54, 1.807) is 18.2 Å². The number of nitrogens with zero attached hydrogens (tertiary/aromatic N) is 5. The largest absolute Gasteiger partial charge is 0.449 e. The molecule has 4 heterocycles. The lowest BCUT2D eigenvalue weighted by molar-refractivity contribution is 0.0287. The van der Waals surface area contributed by atoms with E-state index in [-0.39, 0.29) is 22.9 Å². The Hall–Kier alpha value is -4.01. The molecule has 0 spiro atoms. The number of furan rings is 1. The molecule has 0 saturated carbocycles. The van der Waals surface area contributed by atoms with Crippen LogP contribution in [-0.2, 0) is 5.41 Å². The highest BCUT2D eigenvalue weighted by Crippen LogP contribution is 2.36. The van der Waals surface area contributed by atoms with Crippen molar-refractivity contribution < 1.29 is 13.6 Å². The Kier molecular flexibility index (Phi) is 6.12. The molecule has 1 amide bonds. The molecule has 1 aromatic carbocycles. The first-order valence-corrected chi connectivity index (χ1v) is 12.7. The van der Waals surface area contributed by atoms with Crippen LogP contribution in [0.15, 0.2) is 47.4 Å². The van der Waals surface area contributed by atoms with Crippen LogP contribution in [0.1, 0.15) is 62.4 Å². The molecular weight excluding hydrogens is 483 g/mol. The van der Waals surface area contributed by atoms with Crippen LogP contribution in [0.3, 0.4) is 0 Å². The Labute approximate surface area is 221 Å². The van der Waals surface area contributed by atoms with Gasteiger partial charge in [-0.05, 0) is 56.5 Å². The molecule has 8 nitrogen and oxygen atoms in total. The summed E-state index contributed by atoms with van der Waals surface area (Å²) >= 11 is 0. The number of pyridine rings is 1. The summed E-state index contributed by atoms with van der Waals surface area (Å²) in [7, 11) is 0. The zero-order valence-electron chi connectivity index (χ0n) is 22.7. The molecule has 38 heavy (non-hydrogen) atoms. The molecule has 1 aliphatic heterocycles. The van der Waals surface area contributed by atoms with Crippen LogP contribution in [0.4, 0.5) is 4.39 Å². The van der Waals surface area contributed by atoms with Crippen molar-refractivity contribution in [3.8, 4) is 11.3 Å². The quantitative estimate of drug-likeness (QED) is 0.382. The van der Waals surface area contributed by atoms with E-state index >= 15 is 0 Å². The SMILES string of the molecule is C=C(c1n[nH]c(C)n1)N1CCN(C(=O)c2cc3nc(-c4ccc(F)cc4)cc(C(C)(C)C)c3o2)C(C)(C)C1. The first kappa shape index (κ1) is 25.6. The van der Waals surface area contributed by atoms with E-state index in [0.29, 0.717) is 42.3 Å². The zero-order valence-corrected chi connectivity index (χ0v) is 22.7. The van der Waals surface area contributed by atoms with Gasteiger partial charge in [0.15, 0.2) is 17.2 Å². The minimum Gasteiger partial charge on any atom is -0.449 e. The smallest absolute Gasteiger partial charge is 0.290 e. The summed E-state index contributed by atoms with van der Waals surface area (Å²) in [5, 5.41) is 7.08. The highest BCUT2D eigenvalue weighted by molar-refractivity contribution is 5.97. The third kappa shape index (κ3) is 4.68. The number of carbonyl (C=O) groups is 1. The van der Waals surface area contributed by atoms with E-state index in [0.717, 1.165) is 22.6 Å². The number of H-pyrrole nitrogens is 1. The highest BCUT2D eigenvalue weighted by atomic mass is 19.1. The highest BCUT2D eigenvalue weighted by Gasteiger charge is 2.39. The summed E-state index contributed by atoms with van der Waals surface area (Å²) in [4.78, 5) is 26.9. The van der Waals surface area contributed by atoms with Crippen LogP contribution in [0.25, 0.3) is 28.1 Å². The average molecular weight is 517 g/mol. The third-order valence-electron chi connectivity index (χ3n) is 7.02. The number of carbonyl (C=O) groups excluding carboxylic acids is 1. The van der Waals surface area contributed by atoms with Crippen molar-refractivity contribution in [2.45, 2.75) is 52.5 Å². The molecule has 0 aliphatic carbocycles. The Bertz CT molecular complexity index is 1530. The van der Waals surface area contributed by atoms with Gasteiger partial charge < -0.3 is 14.2 Å². The minimum absolute atomic E-state index is 0.185. The predicted molar refractivity (Wildman–Crippen MR) is 145 cm³/mol. The van der Waals surface area contributed by atoms with E-state index in [2.05, 4.69) is 47.4 Å². The predicted octanol–water partition coefficient (Wildman–Crippen LogP) is 5.57. The second-order valence-electron chi connectivity index (χ2n) is 11.5. The van der Waals surface area contributed by atoms with Crippen LogP contribution < -0.4 is 0 Å². The van der Waals surface area contributed by atoms with Gasteiger partial charge in [-0.2, -0.15) is 5.10 Å². The van der Waals surface area contributed by atoms with Crippen molar-refractivity contribution in [2.75, 3.05) is 19.6 Å². The molecule has 1 N–H and O–H groups in total. The maximum absolute atomic E-state index is 13.8. The number of rotatable bonds is 4. The van der Waals surface area contributed by atoms with Crippen LogP contribution in [0, 0.1) is 12.7 Å². The number of nitrogens with one attached hydrogen (secondary N) is 1. The lowest BCUT2D eigenvalue weighted by atomic mass is 9.86. The van der Waals surface area contributed by atoms with Gasteiger partial charge in [0.2, 0.25) is 0 Å². The summed E-state index contributed by atoms with van der Waals surface area (Å²) in [6.07, 6.45) is 0. The number of aromatic amines is 1. The Morgan fingerprint density at radius 3 is 2.45 bits per heavy atom. The molecule has 0 atom stereocenters. The summed E-state index contributed by atoms with van der Waals surface area (Å²) in [5.74, 6) is 1.05. The number of hydrogen-bond acceptors (Lipinski definition) is 6. The summed E-state index contributed by atoms with van der Waals surface area (Å²) in [5.41, 5.74) is 3.60. The summed E-state index contributed by atoms with van der Waals surface area (Å²) < 4.78 is 19.7. The first-order valence-electron chi connectivity index (χ1n) is 12.7. The topological polar surface area (TPSA) is 91.2 Å². The number of amides is 1. The fraction of sp³-hybridized carbons (Fsp3) is 0.379. The fourth-order valence-corrected chi connectivity index (χ4v) is 4.96. The lowest BCUT2D eigenvalue weighted by Crippen LogP contribution is -2.60. The van der Waals surface area contributed by atoms with Gasteiger partial charge in [0.1, 0.15) is 17.2 Å². The minimum atomic E-state index is -0.498. The maximum Gasteiger partial charge on any atom is 0.290 e. The molecule has 1 aliphatic rings. The molecule has 9 heteroatoms. The van der Waals surface area contributed by atoms with Gasteiger partial charge in [0.05, 0.1) is 16.9 Å². The van der Waals surface area contributed by atoms with Crippen molar-refractivity contribution in [2.24, 2.45) is 0 Å². The Morgan fingerprint density at radius 2 is 1.84 bits per heavy atom. The zero-order chi connectivity index (χ0) is 27.4. The number of halogens is 1. The Balaban J connectivity index is 1.46. The molecule has 1 saturated heterocycles. The summed E-state index contributed by atoms with van der Waals surface area (Å²) in [6, 6.07) is 9.93. The van der Waals surface area contributed by atoms with Crippen molar-refractivity contribution in [3.05, 3.63) is 71.8 Å². The first-order chi connectivity index (χ1) is 17.8. The molecule has 1 fully saturated rings. The molecule has 0 unspecified atom stereocenters. The van der Waals surface area contributed by atoms with Crippen molar-refractivity contribution in [3.63, 3.8) is 0 Å². The van der Waals surface area contributed by atoms with Gasteiger partial charge in [-0.1, -0.05) is 27.4 Å². The second-order valence-corrected chi connectivity index (χ2v) is 11.5. The monoisotopic (exact) mass is 516 g/mol. The lowest BCUT2D eigenvalue weighted by Gasteiger charge is -2.47. The van der Waals surface area contributed by atoms with Gasteiger partial charge in [-0.25, -0.2) is 14.4 Å².